The molecule has 1 aliphatic heterocycles. The van der Waals surface area contributed by atoms with E-state index in [9.17, 15) is 54.0 Å². The van der Waals surface area contributed by atoms with Crippen molar-refractivity contribution in [3.63, 3.8) is 0 Å². The number of carboxylic acid groups (broad SMARTS) is 1. The van der Waals surface area contributed by atoms with E-state index in [4.69, 9.17) is 0 Å². The Labute approximate surface area is 344 Å². The first-order valence-electron chi connectivity index (χ1n) is 20.0. The van der Waals surface area contributed by atoms with Gasteiger partial charge >= 0.3 is 5.97 Å². The molecule has 0 fully saturated rings. The molecule has 0 aliphatic carbocycles. The summed E-state index contributed by atoms with van der Waals surface area (Å²) in [5.74, 6) is -5.58. The highest BCUT2D eigenvalue weighted by Crippen LogP contribution is 2.38. The van der Waals surface area contributed by atoms with E-state index in [-0.39, 0.29) is 46.9 Å². The van der Waals surface area contributed by atoms with Crippen molar-refractivity contribution in [2.45, 2.75) is 116 Å². The number of amides is 6. The van der Waals surface area contributed by atoms with Crippen LogP contribution in [0.1, 0.15) is 96.2 Å². The molecule has 17 heteroatoms. The Bertz CT molecular complexity index is 1840. The quantitative estimate of drug-likeness (QED) is 0.101. The van der Waals surface area contributed by atoms with Gasteiger partial charge < -0.3 is 51.5 Å². The number of nitrogens with zero attached hydrogens (tertiary/aromatic N) is 2. The first-order chi connectivity index (χ1) is 27.9. The van der Waals surface area contributed by atoms with E-state index in [1.165, 1.54) is 77.2 Å². The zero-order valence-electron chi connectivity index (χ0n) is 34.7. The molecule has 2 aromatic carbocycles. The molecule has 5 atom stereocenters. The average molecular weight is 825 g/mol. The Hall–Kier alpha value is -5.71. The van der Waals surface area contributed by atoms with Gasteiger partial charge in [0.1, 0.15) is 41.7 Å². The number of aliphatic hydroxyl groups excluding tert-OH is 1. The minimum atomic E-state index is -1.47. The summed E-state index contributed by atoms with van der Waals surface area (Å²) in [4.78, 5) is 93.7. The fourth-order valence-corrected chi connectivity index (χ4v) is 6.73. The number of hydrogen-bond donors (Lipinski definition) is 8. The first-order valence-corrected chi connectivity index (χ1v) is 20.0. The van der Waals surface area contributed by atoms with Gasteiger partial charge in [-0.3, -0.25) is 28.8 Å². The third kappa shape index (κ3) is 13.7. The largest absolute Gasteiger partial charge is 0.507 e. The lowest BCUT2D eigenvalue weighted by Gasteiger charge is -2.30. The van der Waals surface area contributed by atoms with Crippen molar-refractivity contribution in [2.24, 2.45) is 5.92 Å². The van der Waals surface area contributed by atoms with Crippen LogP contribution < -0.4 is 21.3 Å². The molecule has 4 bridgehead atoms. The monoisotopic (exact) mass is 824 g/mol. The number of nitrogens with one attached hydrogen (secondary N) is 4. The number of hydrogen-bond acceptors (Lipinski definition) is 10. The minimum absolute atomic E-state index is 0.0656. The van der Waals surface area contributed by atoms with Crippen LogP contribution in [0.2, 0.25) is 0 Å². The summed E-state index contributed by atoms with van der Waals surface area (Å²) < 4.78 is 0. The van der Waals surface area contributed by atoms with E-state index in [1.54, 1.807) is 0 Å². The van der Waals surface area contributed by atoms with Crippen molar-refractivity contribution in [3.05, 3.63) is 47.5 Å². The average Bonchev–Trinajstić information content (AvgIpc) is 3.18. The van der Waals surface area contributed by atoms with Crippen LogP contribution in [0.3, 0.4) is 0 Å². The zero-order valence-corrected chi connectivity index (χ0v) is 34.7. The van der Waals surface area contributed by atoms with Crippen molar-refractivity contribution >= 4 is 41.4 Å². The molecule has 8 N–H and O–H groups in total. The molecule has 0 unspecified atom stereocenters. The van der Waals surface area contributed by atoms with Crippen molar-refractivity contribution in [2.75, 3.05) is 27.2 Å². The molecule has 59 heavy (non-hydrogen) atoms. The molecule has 6 amide bonds. The third-order valence-corrected chi connectivity index (χ3v) is 10.4. The van der Waals surface area contributed by atoms with Gasteiger partial charge in [0, 0.05) is 38.1 Å². The van der Waals surface area contributed by atoms with Crippen LogP contribution in [0, 0.1) is 5.92 Å². The number of rotatable bonds is 18. The number of carboxylic acids is 1. The summed E-state index contributed by atoms with van der Waals surface area (Å²) in [6.45, 7) is 5.75. The molecular formula is C42H60N6O11. The smallest absolute Gasteiger partial charge is 0.326 e. The maximum absolute atomic E-state index is 13.8. The van der Waals surface area contributed by atoms with Crippen LogP contribution in [-0.4, -0.2) is 123 Å². The number of aromatic hydroxyl groups is 2. The minimum Gasteiger partial charge on any atom is -0.507 e. The Morgan fingerprint density at radius 3 is 2.05 bits per heavy atom. The molecule has 1 aliphatic rings. The van der Waals surface area contributed by atoms with E-state index >= 15 is 0 Å². The number of unbranched alkanes of at least 4 members (excludes halogenated alkanes) is 5. The van der Waals surface area contributed by atoms with Gasteiger partial charge in [0.15, 0.2) is 0 Å². The van der Waals surface area contributed by atoms with Gasteiger partial charge in [-0.2, -0.15) is 0 Å². The zero-order chi connectivity index (χ0) is 44.0. The van der Waals surface area contributed by atoms with E-state index in [1.807, 2.05) is 0 Å². The lowest BCUT2D eigenvalue weighted by Crippen LogP contribution is -2.55. The van der Waals surface area contributed by atoms with Gasteiger partial charge in [-0.05, 0) is 61.6 Å². The summed E-state index contributed by atoms with van der Waals surface area (Å²) >= 11 is 0. The number of likely N-dealkylation sites (N-methyl/N-ethyl adjacent to an activating group) is 2. The number of aliphatic carboxylic acids is 1. The van der Waals surface area contributed by atoms with Crippen molar-refractivity contribution < 1.29 is 54.0 Å². The van der Waals surface area contributed by atoms with Gasteiger partial charge in [0.2, 0.25) is 35.4 Å². The summed E-state index contributed by atoms with van der Waals surface area (Å²) in [6.07, 6.45) is 7.16. The molecule has 0 spiro atoms. The maximum atomic E-state index is 13.8. The molecule has 3 rings (SSSR count). The second kappa shape index (κ2) is 22.4. The molecule has 17 nitrogen and oxygen atoms in total. The SMILES string of the molecule is CC(C)CCCCCCCCC(=O)N(C)[C@H](CO)C(=O)N[C@H](C)C(=O)NCC(=O)N(C)[C@H]1C(=O)N[C@@H](C)C(=O)N[C@H](C(=O)O)Cc2ccc(O)c(c2)-c2cc1ccc2O. The number of phenolic OH excluding ortho intramolecular Hbond substituents is 2. The topological polar surface area (TPSA) is 255 Å². The van der Waals surface area contributed by atoms with Gasteiger partial charge in [-0.25, -0.2) is 4.79 Å². The molecule has 0 radical (unpaired) electrons. The number of carbonyl (C=O) groups is 7. The number of benzene rings is 2. The van der Waals surface area contributed by atoms with Gasteiger partial charge in [-0.1, -0.05) is 64.5 Å². The Kier molecular flexibility index (Phi) is 18.1. The highest BCUT2D eigenvalue weighted by Gasteiger charge is 2.34. The number of fused-ring (bicyclic) bond motifs is 5. The highest BCUT2D eigenvalue weighted by molar-refractivity contribution is 5.96. The molecular weight excluding hydrogens is 764 g/mol. The van der Waals surface area contributed by atoms with E-state index in [0.29, 0.717) is 17.9 Å². The molecule has 0 aromatic heterocycles. The Morgan fingerprint density at radius 2 is 1.42 bits per heavy atom. The van der Waals surface area contributed by atoms with E-state index in [2.05, 4.69) is 35.1 Å². The second-order valence-electron chi connectivity index (χ2n) is 15.6. The second-order valence-corrected chi connectivity index (χ2v) is 15.6. The van der Waals surface area contributed by atoms with Crippen molar-refractivity contribution in [1.29, 1.82) is 0 Å². The number of phenols is 2. The van der Waals surface area contributed by atoms with Gasteiger partial charge in [0.05, 0.1) is 13.2 Å². The Balaban J connectivity index is 1.70. The molecule has 0 saturated heterocycles. The van der Waals surface area contributed by atoms with Crippen LogP contribution in [0.25, 0.3) is 11.1 Å². The maximum Gasteiger partial charge on any atom is 0.326 e. The van der Waals surface area contributed by atoms with Gasteiger partial charge in [-0.15, -0.1) is 0 Å². The van der Waals surface area contributed by atoms with Crippen LogP contribution in [0.4, 0.5) is 0 Å². The third-order valence-electron chi connectivity index (χ3n) is 10.4. The van der Waals surface area contributed by atoms with Crippen LogP contribution in [0.5, 0.6) is 11.5 Å². The van der Waals surface area contributed by atoms with Crippen molar-refractivity contribution in [3.8, 4) is 22.6 Å². The normalized spacial score (nSPS) is 17.7. The van der Waals surface area contributed by atoms with E-state index in [0.717, 1.165) is 35.5 Å². The molecule has 1 heterocycles. The number of aliphatic hydroxyl groups is 1. The summed E-state index contributed by atoms with van der Waals surface area (Å²) in [6, 6.07) is 1.62. The fourth-order valence-electron chi connectivity index (χ4n) is 6.73. The van der Waals surface area contributed by atoms with Crippen LogP contribution >= 0.6 is 0 Å². The lowest BCUT2D eigenvalue weighted by atomic mass is 9.94. The van der Waals surface area contributed by atoms with Crippen LogP contribution in [0.15, 0.2) is 36.4 Å². The van der Waals surface area contributed by atoms with Crippen LogP contribution in [-0.2, 0) is 40.0 Å². The van der Waals surface area contributed by atoms with E-state index < -0.39 is 78.9 Å². The summed E-state index contributed by atoms with van der Waals surface area (Å²) in [7, 11) is 2.68. The molecule has 324 valence electrons. The summed E-state index contributed by atoms with van der Waals surface area (Å²) in [5.41, 5.74) is 0.722. The highest BCUT2D eigenvalue weighted by atomic mass is 16.4. The molecule has 2 aromatic rings. The van der Waals surface area contributed by atoms with Crippen molar-refractivity contribution in [1.82, 2.24) is 31.1 Å². The number of carbonyl (C=O) groups excluding carboxylic acids is 6. The Morgan fingerprint density at radius 1 is 0.814 bits per heavy atom. The standard InChI is InChI=1S/C42H60N6O11/c1-24(2)13-11-9-7-8-10-12-14-35(52)47(5)32(23-49)40(56)44-25(3)38(54)43-22-36(53)48(6)37-28-16-18-34(51)30(21-28)29-19-27(15-17-33(29)50)20-31(42(58)59)46-39(55)26(4)45-41(37)57/h15-19,21,24-26,31-32,37,49-51H,7-14,20,22-23H2,1-6H3,(H,43,54)(H,44,56)(H,45,57)(H,46,55)(H,58,59)/t25-,26+,31+,32-,37-/m1/s1. The first kappa shape index (κ1) is 47.7. The molecule has 0 saturated carbocycles. The van der Waals surface area contributed by atoms with Gasteiger partial charge in [0.25, 0.3) is 0 Å². The lowest BCUT2D eigenvalue weighted by molar-refractivity contribution is -0.143. The predicted octanol–water partition coefficient (Wildman–Crippen LogP) is 2.11. The predicted molar refractivity (Wildman–Crippen MR) is 218 cm³/mol. The fraction of sp³-hybridized carbons (Fsp3) is 0.548. The summed E-state index contributed by atoms with van der Waals surface area (Å²) in [5, 5.41) is 51.1.